The van der Waals surface area contributed by atoms with Crippen molar-refractivity contribution in [3.63, 3.8) is 0 Å². The second kappa shape index (κ2) is 9.66. The third kappa shape index (κ3) is 4.45. The highest BCUT2D eigenvalue weighted by Gasteiger charge is 2.26. The standard InChI is InChI=1S/C24H14F4N6OS/c25-12-3-4-15(26)18(8-12)36-34-17-6-5-16(27)20(21(17)28)22(35)14-10-30-23-19(14)24(32-11-31-23)33-13-2-1-7-29-9-13/h1-11,34H,(H2,30,31,32,33). The van der Waals surface area contributed by atoms with E-state index < -0.39 is 34.6 Å². The smallest absolute Gasteiger partial charge is 0.201 e. The Morgan fingerprint density at radius 2 is 1.83 bits per heavy atom. The molecule has 0 fully saturated rings. The number of carbonyl (C=O) groups excluding carboxylic acids is 1. The molecule has 12 heteroatoms. The molecule has 5 aromatic rings. The van der Waals surface area contributed by atoms with E-state index in [9.17, 15) is 18.0 Å². The van der Waals surface area contributed by atoms with Crippen LogP contribution in [0.3, 0.4) is 0 Å². The van der Waals surface area contributed by atoms with Gasteiger partial charge in [0.15, 0.2) is 5.82 Å². The maximum atomic E-state index is 15.3. The fraction of sp³-hybridized carbons (Fsp3) is 0. The molecule has 0 bridgehead atoms. The van der Waals surface area contributed by atoms with E-state index in [1.165, 1.54) is 18.7 Å². The van der Waals surface area contributed by atoms with Gasteiger partial charge in [0.25, 0.3) is 0 Å². The van der Waals surface area contributed by atoms with Gasteiger partial charge in [-0.1, -0.05) is 0 Å². The molecule has 2 aromatic carbocycles. The van der Waals surface area contributed by atoms with E-state index in [4.69, 9.17) is 0 Å². The van der Waals surface area contributed by atoms with Crippen molar-refractivity contribution < 1.29 is 22.4 Å². The van der Waals surface area contributed by atoms with Gasteiger partial charge >= 0.3 is 0 Å². The number of aromatic nitrogens is 4. The lowest BCUT2D eigenvalue weighted by Crippen LogP contribution is -2.10. The molecule has 0 radical (unpaired) electrons. The van der Waals surface area contributed by atoms with Crippen LogP contribution in [0.15, 0.2) is 72.3 Å². The molecule has 7 nitrogen and oxygen atoms in total. The summed E-state index contributed by atoms with van der Waals surface area (Å²) in [6.07, 6.45) is 5.67. The fourth-order valence-electron chi connectivity index (χ4n) is 3.45. The normalized spacial score (nSPS) is 11.0. The molecule has 180 valence electrons. The Morgan fingerprint density at radius 1 is 1.00 bits per heavy atom. The van der Waals surface area contributed by atoms with Gasteiger partial charge in [-0.05, 0) is 54.4 Å². The Bertz CT molecular complexity index is 1600. The fourth-order valence-corrected chi connectivity index (χ4v) is 4.16. The molecule has 3 aromatic heterocycles. The van der Waals surface area contributed by atoms with E-state index in [2.05, 4.69) is 30.0 Å². The van der Waals surface area contributed by atoms with Gasteiger partial charge in [-0.2, -0.15) is 0 Å². The van der Waals surface area contributed by atoms with E-state index >= 15 is 4.39 Å². The van der Waals surface area contributed by atoms with Crippen LogP contribution in [0.4, 0.5) is 34.8 Å². The summed E-state index contributed by atoms with van der Waals surface area (Å²) in [6.45, 7) is 0. The van der Waals surface area contributed by atoms with Crippen LogP contribution in [0.5, 0.6) is 0 Å². The lowest BCUT2D eigenvalue weighted by atomic mass is 10.0. The number of hydrogen-bond acceptors (Lipinski definition) is 7. The second-order valence-corrected chi connectivity index (χ2v) is 8.25. The average molecular weight is 510 g/mol. The van der Waals surface area contributed by atoms with Gasteiger partial charge in [0, 0.05) is 12.4 Å². The summed E-state index contributed by atoms with van der Waals surface area (Å²) < 4.78 is 59.9. The van der Waals surface area contributed by atoms with E-state index in [-0.39, 0.29) is 33.0 Å². The van der Waals surface area contributed by atoms with Crippen molar-refractivity contribution in [2.75, 3.05) is 10.0 Å². The van der Waals surface area contributed by atoms with Crippen molar-refractivity contribution in [3.8, 4) is 0 Å². The van der Waals surface area contributed by atoms with Crippen molar-refractivity contribution >= 4 is 46.0 Å². The zero-order chi connectivity index (χ0) is 25.2. The summed E-state index contributed by atoms with van der Waals surface area (Å²) in [5.74, 6) is -4.46. The molecular formula is C24H14F4N6OS. The number of ketones is 1. The lowest BCUT2D eigenvalue weighted by Gasteiger charge is -2.12. The Balaban J connectivity index is 1.50. The van der Waals surface area contributed by atoms with E-state index in [1.807, 2.05) is 0 Å². The molecule has 36 heavy (non-hydrogen) atoms. The molecule has 3 heterocycles. The Labute approximate surface area is 205 Å². The molecule has 5 rings (SSSR count). The first-order valence-corrected chi connectivity index (χ1v) is 11.1. The molecule has 3 N–H and O–H groups in total. The Kier molecular flexibility index (Phi) is 6.25. The minimum atomic E-state index is -1.20. The number of hydrogen-bond donors (Lipinski definition) is 3. The van der Waals surface area contributed by atoms with E-state index in [0.29, 0.717) is 17.6 Å². The summed E-state index contributed by atoms with van der Waals surface area (Å²) in [7, 11) is 0. The van der Waals surface area contributed by atoms with Gasteiger partial charge in [0.2, 0.25) is 5.78 Å². The van der Waals surface area contributed by atoms with Crippen molar-refractivity contribution in [1.29, 1.82) is 0 Å². The SMILES string of the molecule is O=C(c1c(F)ccc(NSc2cc(F)ccc2F)c1F)c1c[nH]c2ncnc(Nc3cccnc3)c12. The van der Waals surface area contributed by atoms with Crippen LogP contribution in [-0.2, 0) is 0 Å². The average Bonchev–Trinajstić information content (AvgIpc) is 3.31. The van der Waals surface area contributed by atoms with E-state index in [0.717, 1.165) is 30.3 Å². The van der Waals surface area contributed by atoms with Gasteiger partial charge in [-0.3, -0.25) is 9.78 Å². The van der Waals surface area contributed by atoms with Crippen LogP contribution in [0, 0.1) is 23.3 Å². The summed E-state index contributed by atoms with van der Waals surface area (Å²) in [4.78, 5) is 28.3. The van der Waals surface area contributed by atoms with Crippen LogP contribution in [0.2, 0.25) is 0 Å². The Hall–Kier alpha value is -4.45. The third-order valence-electron chi connectivity index (χ3n) is 5.12. The van der Waals surface area contributed by atoms with Gasteiger partial charge in [0.1, 0.15) is 35.2 Å². The molecule has 0 saturated carbocycles. The number of aromatic amines is 1. The molecule has 0 spiro atoms. The maximum Gasteiger partial charge on any atom is 0.201 e. The number of nitrogens with zero attached hydrogens (tertiary/aromatic N) is 3. The molecule has 0 unspecified atom stereocenters. The van der Waals surface area contributed by atoms with Gasteiger partial charge in [-0.25, -0.2) is 27.5 Å². The van der Waals surface area contributed by atoms with Crippen molar-refractivity contribution in [1.82, 2.24) is 19.9 Å². The number of benzene rings is 2. The second-order valence-electron chi connectivity index (χ2n) is 7.41. The predicted molar refractivity (Wildman–Crippen MR) is 127 cm³/mol. The van der Waals surface area contributed by atoms with E-state index in [1.54, 1.807) is 18.3 Å². The number of pyridine rings is 1. The molecule has 0 amide bonds. The highest BCUT2D eigenvalue weighted by Crippen LogP contribution is 2.32. The molecule has 0 atom stereocenters. The van der Waals surface area contributed by atoms with Gasteiger partial charge < -0.3 is 15.0 Å². The van der Waals surface area contributed by atoms with Crippen LogP contribution in [0.1, 0.15) is 15.9 Å². The zero-order valence-electron chi connectivity index (χ0n) is 18.0. The first-order chi connectivity index (χ1) is 17.4. The lowest BCUT2D eigenvalue weighted by molar-refractivity contribution is 0.103. The van der Waals surface area contributed by atoms with Crippen LogP contribution < -0.4 is 10.0 Å². The van der Waals surface area contributed by atoms with Crippen LogP contribution >= 0.6 is 11.9 Å². The summed E-state index contributed by atoms with van der Waals surface area (Å²) in [5.41, 5.74) is -0.361. The molecular weight excluding hydrogens is 496 g/mol. The van der Waals surface area contributed by atoms with Crippen LogP contribution in [-0.4, -0.2) is 25.7 Å². The first kappa shape index (κ1) is 23.3. The zero-order valence-corrected chi connectivity index (χ0v) is 18.8. The number of nitrogens with one attached hydrogen (secondary N) is 3. The monoisotopic (exact) mass is 510 g/mol. The first-order valence-electron chi connectivity index (χ1n) is 10.3. The van der Waals surface area contributed by atoms with Crippen LogP contribution in [0.25, 0.3) is 11.0 Å². The minimum absolute atomic E-state index is 0.0734. The number of fused-ring (bicyclic) bond motifs is 1. The Morgan fingerprint density at radius 3 is 2.64 bits per heavy atom. The summed E-state index contributed by atoms with van der Waals surface area (Å²) in [6, 6.07) is 8.16. The van der Waals surface area contributed by atoms with Crippen molar-refractivity contribution in [2.45, 2.75) is 4.90 Å². The van der Waals surface area contributed by atoms with Crippen molar-refractivity contribution in [2.24, 2.45) is 0 Å². The predicted octanol–water partition coefficient (Wildman–Crippen LogP) is 6.00. The topological polar surface area (TPSA) is 95.6 Å². The summed E-state index contributed by atoms with van der Waals surface area (Å²) >= 11 is 0.578. The van der Waals surface area contributed by atoms with Gasteiger partial charge in [0.05, 0.1) is 39.0 Å². The molecule has 0 aliphatic rings. The highest BCUT2D eigenvalue weighted by molar-refractivity contribution is 8.00. The van der Waals surface area contributed by atoms with Gasteiger partial charge in [-0.15, -0.1) is 0 Å². The number of H-pyrrole nitrogens is 1. The summed E-state index contributed by atoms with van der Waals surface area (Å²) in [5, 5.41) is 3.24. The third-order valence-corrected chi connectivity index (χ3v) is 5.98. The van der Waals surface area contributed by atoms with Crippen molar-refractivity contribution in [3.05, 3.63) is 102 Å². The number of rotatable bonds is 7. The highest BCUT2D eigenvalue weighted by atomic mass is 32.2. The molecule has 0 saturated heterocycles. The number of anilines is 3. The number of halogens is 4. The number of carbonyl (C=O) groups is 1. The minimum Gasteiger partial charge on any atom is -0.345 e. The molecule has 0 aliphatic heterocycles. The quantitative estimate of drug-likeness (QED) is 0.140. The largest absolute Gasteiger partial charge is 0.345 e. The maximum absolute atomic E-state index is 15.3. The molecule has 0 aliphatic carbocycles.